The minimum Gasteiger partial charge on any atom is -0.333 e. The summed E-state index contributed by atoms with van der Waals surface area (Å²) in [5, 5.41) is 3.38. The van der Waals surface area contributed by atoms with Gasteiger partial charge in [-0.3, -0.25) is 4.79 Å². The van der Waals surface area contributed by atoms with Gasteiger partial charge < -0.3 is 10.2 Å². The molecule has 1 aliphatic rings. The van der Waals surface area contributed by atoms with Gasteiger partial charge in [-0.1, -0.05) is 38.1 Å². The van der Waals surface area contributed by atoms with E-state index in [9.17, 15) is 4.79 Å². The number of hydrogen-bond acceptors (Lipinski definition) is 2. The van der Waals surface area contributed by atoms with Gasteiger partial charge in [-0.05, 0) is 17.5 Å². The molecule has 19 heavy (non-hydrogen) atoms. The highest BCUT2D eigenvalue weighted by atomic mass is 35.5. The Bertz CT molecular complexity index is 405. The van der Waals surface area contributed by atoms with E-state index in [2.05, 4.69) is 36.5 Å². The first-order chi connectivity index (χ1) is 8.76. The van der Waals surface area contributed by atoms with Gasteiger partial charge in [0.25, 0.3) is 0 Å². The van der Waals surface area contributed by atoms with Crippen LogP contribution in [0.3, 0.4) is 0 Å². The van der Waals surface area contributed by atoms with Crippen molar-refractivity contribution >= 4 is 18.3 Å². The van der Waals surface area contributed by atoms with E-state index >= 15 is 0 Å². The van der Waals surface area contributed by atoms with Crippen LogP contribution in [-0.2, 0) is 11.2 Å². The van der Waals surface area contributed by atoms with E-state index in [0.717, 1.165) is 26.1 Å². The van der Waals surface area contributed by atoms with Crippen LogP contribution in [0.2, 0.25) is 0 Å². The van der Waals surface area contributed by atoms with Crippen LogP contribution < -0.4 is 5.32 Å². The molecule has 1 aromatic rings. The summed E-state index contributed by atoms with van der Waals surface area (Å²) in [7, 11) is 0. The minimum atomic E-state index is 0. The first-order valence-electron chi connectivity index (χ1n) is 6.85. The number of nitrogens with zero attached hydrogens (tertiary/aromatic N) is 1. The fourth-order valence-electron chi connectivity index (χ4n) is 2.48. The van der Waals surface area contributed by atoms with E-state index in [-0.39, 0.29) is 24.4 Å². The number of halogens is 1. The highest BCUT2D eigenvalue weighted by Gasteiger charge is 2.26. The van der Waals surface area contributed by atoms with Crippen LogP contribution in [0.1, 0.15) is 37.4 Å². The lowest BCUT2D eigenvalue weighted by Crippen LogP contribution is -2.48. The van der Waals surface area contributed by atoms with Crippen LogP contribution in [0, 0.1) is 0 Å². The number of carbonyl (C=O) groups is 1. The van der Waals surface area contributed by atoms with Gasteiger partial charge in [0.2, 0.25) is 5.91 Å². The molecule has 1 aromatic carbocycles. The second-order valence-electron chi connectivity index (χ2n) is 4.76. The molecule has 0 aliphatic carbocycles. The van der Waals surface area contributed by atoms with Gasteiger partial charge in [-0.2, -0.15) is 0 Å². The van der Waals surface area contributed by atoms with Gasteiger partial charge in [0, 0.05) is 26.1 Å². The Balaban J connectivity index is 0.00000180. The van der Waals surface area contributed by atoms with Crippen LogP contribution in [0.25, 0.3) is 0 Å². The van der Waals surface area contributed by atoms with Crippen molar-refractivity contribution in [1.29, 1.82) is 0 Å². The molecule has 1 fully saturated rings. The lowest BCUT2D eigenvalue weighted by Gasteiger charge is -2.36. The quantitative estimate of drug-likeness (QED) is 0.924. The molecule has 1 unspecified atom stereocenters. The minimum absolute atomic E-state index is 0. The third-order valence-corrected chi connectivity index (χ3v) is 3.64. The van der Waals surface area contributed by atoms with E-state index in [4.69, 9.17) is 0 Å². The molecule has 0 aromatic heterocycles. The number of carbonyl (C=O) groups excluding carboxylic acids is 1. The van der Waals surface area contributed by atoms with Crippen LogP contribution in [0.4, 0.5) is 0 Å². The lowest BCUT2D eigenvalue weighted by molar-refractivity contribution is -0.134. The van der Waals surface area contributed by atoms with Crippen LogP contribution >= 0.6 is 12.4 Å². The second kappa shape index (κ2) is 7.51. The molecule has 3 nitrogen and oxygen atoms in total. The zero-order valence-corrected chi connectivity index (χ0v) is 12.5. The van der Waals surface area contributed by atoms with Crippen LogP contribution in [0.5, 0.6) is 0 Å². The Hall–Kier alpha value is -1.06. The van der Waals surface area contributed by atoms with Crippen molar-refractivity contribution in [1.82, 2.24) is 10.2 Å². The van der Waals surface area contributed by atoms with E-state index in [1.165, 1.54) is 11.1 Å². The van der Waals surface area contributed by atoms with Crippen molar-refractivity contribution in [2.45, 2.75) is 32.7 Å². The summed E-state index contributed by atoms with van der Waals surface area (Å²) in [5.74, 6) is 0.251. The number of nitrogens with one attached hydrogen (secondary N) is 1. The Labute approximate surface area is 121 Å². The standard InChI is InChI=1S/C15H22N2O.ClH/c1-3-12-5-7-13(8-6-12)14-11-16-9-10-17(14)15(18)4-2;/h5-8,14,16H,3-4,9-11H2,1-2H3;1H. The highest BCUT2D eigenvalue weighted by molar-refractivity contribution is 5.85. The largest absolute Gasteiger partial charge is 0.333 e. The van der Waals surface area contributed by atoms with Crippen molar-refractivity contribution < 1.29 is 4.79 Å². The Morgan fingerprint density at radius 2 is 2.00 bits per heavy atom. The average Bonchev–Trinajstić information content (AvgIpc) is 2.46. The van der Waals surface area contributed by atoms with E-state index in [0.29, 0.717) is 6.42 Å². The summed E-state index contributed by atoms with van der Waals surface area (Å²) in [5.41, 5.74) is 2.58. The number of piperazine rings is 1. The SMILES string of the molecule is CCC(=O)N1CCNCC1c1ccc(CC)cc1.Cl. The molecule has 1 heterocycles. The van der Waals surface area contributed by atoms with Crippen molar-refractivity contribution in [2.75, 3.05) is 19.6 Å². The summed E-state index contributed by atoms with van der Waals surface area (Å²) in [6.45, 7) is 6.66. The predicted octanol–water partition coefficient (Wildman–Crippen LogP) is 2.55. The summed E-state index contributed by atoms with van der Waals surface area (Å²) in [6, 6.07) is 8.84. The Morgan fingerprint density at radius 3 is 2.58 bits per heavy atom. The summed E-state index contributed by atoms with van der Waals surface area (Å²) < 4.78 is 0. The monoisotopic (exact) mass is 282 g/mol. The first-order valence-corrected chi connectivity index (χ1v) is 6.85. The second-order valence-corrected chi connectivity index (χ2v) is 4.76. The average molecular weight is 283 g/mol. The van der Waals surface area contributed by atoms with Gasteiger partial charge in [-0.15, -0.1) is 12.4 Å². The van der Waals surface area contributed by atoms with Crippen molar-refractivity contribution in [2.24, 2.45) is 0 Å². The van der Waals surface area contributed by atoms with Gasteiger partial charge in [0.05, 0.1) is 6.04 Å². The van der Waals surface area contributed by atoms with Crippen LogP contribution in [-0.4, -0.2) is 30.4 Å². The Kier molecular flexibility index (Phi) is 6.32. The molecule has 1 saturated heterocycles. The Morgan fingerprint density at radius 1 is 1.32 bits per heavy atom. The van der Waals surface area contributed by atoms with Crippen molar-refractivity contribution in [3.8, 4) is 0 Å². The third-order valence-electron chi connectivity index (χ3n) is 3.64. The number of rotatable bonds is 3. The fourth-order valence-corrected chi connectivity index (χ4v) is 2.48. The molecule has 1 atom stereocenters. The molecule has 0 radical (unpaired) electrons. The molecule has 0 saturated carbocycles. The summed E-state index contributed by atoms with van der Waals surface area (Å²) in [4.78, 5) is 14.0. The molecule has 1 aliphatic heterocycles. The van der Waals surface area contributed by atoms with Gasteiger partial charge in [-0.25, -0.2) is 0 Å². The van der Waals surface area contributed by atoms with Gasteiger partial charge in [0.15, 0.2) is 0 Å². The van der Waals surface area contributed by atoms with E-state index in [1.807, 2.05) is 11.8 Å². The molecule has 1 N–H and O–H groups in total. The van der Waals surface area contributed by atoms with Crippen LogP contribution in [0.15, 0.2) is 24.3 Å². The fraction of sp³-hybridized carbons (Fsp3) is 0.533. The lowest BCUT2D eigenvalue weighted by atomic mass is 10.0. The maximum atomic E-state index is 12.0. The predicted molar refractivity (Wildman–Crippen MR) is 80.7 cm³/mol. The molecule has 0 spiro atoms. The molecule has 0 bridgehead atoms. The third kappa shape index (κ3) is 3.71. The molecular formula is C15H23ClN2O. The molecule has 2 rings (SSSR count). The zero-order chi connectivity index (χ0) is 13.0. The topological polar surface area (TPSA) is 32.3 Å². The van der Waals surface area contributed by atoms with E-state index in [1.54, 1.807) is 0 Å². The molecule has 106 valence electrons. The normalized spacial score (nSPS) is 18.8. The van der Waals surface area contributed by atoms with Gasteiger partial charge >= 0.3 is 0 Å². The first kappa shape index (κ1) is 16.0. The van der Waals surface area contributed by atoms with Gasteiger partial charge in [0.1, 0.15) is 0 Å². The number of benzene rings is 1. The summed E-state index contributed by atoms with van der Waals surface area (Å²) >= 11 is 0. The zero-order valence-electron chi connectivity index (χ0n) is 11.7. The molecular weight excluding hydrogens is 260 g/mol. The molecule has 1 amide bonds. The van der Waals surface area contributed by atoms with Crippen molar-refractivity contribution in [3.05, 3.63) is 35.4 Å². The molecule has 4 heteroatoms. The number of hydrogen-bond donors (Lipinski definition) is 1. The number of amides is 1. The highest BCUT2D eigenvalue weighted by Crippen LogP contribution is 2.23. The summed E-state index contributed by atoms with van der Waals surface area (Å²) in [6.07, 6.45) is 1.64. The maximum absolute atomic E-state index is 12.0. The smallest absolute Gasteiger partial charge is 0.222 e. The van der Waals surface area contributed by atoms with Crippen molar-refractivity contribution in [3.63, 3.8) is 0 Å². The number of aryl methyl sites for hydroxylation is 1. The van der Waals surface area contributed by atoms with E-state index < -0.39 is 0 Å². The maximum Gasteiger partial charge on any atom is 0.222 e.